The van der Waals surface area contributed by atoms with Crippen molar-refractivity contribution in [3.8, 4) is 5.69 Å². The summed E-state index contributed by atoms with van der Waals surface area (Å²) in [6, 6.07) is 5.38. The first kappa shape index (κ1) is 12.5. The Kier molecular flexibility index (Phi) is 2.63. The molecule has 3 aromatic rings. The van der Waals surface area contributed by atoms with Crippen LogP contribution >= 0.6 is 0 Å². The minimum absolute atomic E-state index is 0.157. The number of hydrogen-bond donors (Lipinski definition) is 1. The van der Waals surface area contributed by atoms with Crippen LogP contribution in [-0.4, -0.2) is 9.55 Å². The van der Waals surface area contributed by atoms with E-state index >= 15 is 0 Å². The van der Waals surface area contributed by atoms with E-state index < -0.39 is 23.3 Å². The van der Waals surface area contributed by atoms with Crippen molar-refractivity contribution in [3.05, 3.63) is 53.6 Å². The first-order chi connectivity index (χ1) is 9.49. The molecule has 102 valence electrons. The van der Waals surface area contributed by atoms with Gasteiger partial charge in [-0.15, -0.1) is 0 Å². The van der Waals surface area contributed by atoms with Gasteiger partial charge in [-0.25, -0.2) is 22.5 Å². The van der Waals surface area contributed by atoms with E-state index in [0.717, 1.165) is 22.8 Å². The Bertz CT molecular complexity index is 826. The van der Waals surface area contributed by atoms with E-state index in [4.69, 9.17) is 5.73 Å². The molecule has 2 aromatic carbocycles. The Morgan fingerprint density at radius 2 is 1.70 bits per heavy atom. The normalized spacial score (nSPS) is 11.2. The molecule has 3 nitrogen and oxygen atoms in total. The zero-order valence-corrected chi connectivity index (χ0v) is 9.87. The van der Waals surface area contributed by atoms with Crippen molar-refractivity contribution in [1.29, 1.82) is 0 Å². The summed E-state index contributed by atoms with van der Waals surface area (Å²) in [4.78, 5) is 3.92. The van der Waals surface area contributed by atoms with Crippen LogP contribution in [0, 0.1) is 23.3 Å². The third-order valence-electron chi connectivity index (χ3n) is 2.90. The quantitative estimate of drug-likeness (QED) is 0.550. The molecule has 0 aliphatic rings. The maximum atomic E-state index is 13.8. The van der Waals surface area contributed by atoms with Gasteiger partial charge in [-0.05, 0) is 24.3 Å². The summed E-state index contributed by atoms with van der Waals surface area (Å²) in [5.41, 5.74) is 5.77. The molecule has 0 spiro atoms. The van der Waals surface area contributed by atoms with Crippen molar-refractivity contribution in [3.63, 3.8) is 0 Å². The molecule has 0 bridgehead atoms. The molecule has 3 rings (SSSR count). The Hall–Kier alpha value is -2.57. The average molecular weight is 281 g/mol. The number of rotatable bonds is 1. The average Bonchev–Trinajstić information content (AvgIpc) is 2.72. The van der Waals surface area contributed by atoms with Gasteiger partial charge < -0.3 is 5.73 Å². The van der Waals surface area contributed by atoms with E-state index in [9.17, 15) is 17.6 Å². The van der Waals surface area contributed by atoms with Crippen LogP contribution in [0.5, 0.6) is 0 Å². The molecule has 7 heteroatoms. The van der Waals surface area contributed by atoms with E-state index in [-0.39, 0.29) is 17.2 Å². The second kappa shape index (κ2) is 4.22. The number of nitrogens with two attached hydrogens (primary N) is 1. The highest BCUT2D eigenvalue weighted by atomic mass is 19.2. The number of aromatic nitrogens is 2. The fourth-order valence-electron chi connectivity index (χ4n) is 2.01. The zero-order chi connectivity index (χ0) is 14.4. The summed E-state index contributed by atoms with van der Waals surface area (Å²) in [6.45, 7) is 0. The summed E-state index contributed by atoms with van der Waals surface area (Å²) < 4.78 is 54.4. The molecule has 0 saturated carbocycles. The SMILES string of the molecule is Nc1nc2ccc(F)cc2n1-c1ccc(F)c(F)c1F. The van der Waals surface area contributed by atoms with Gasteiger partial charge in [-0.1, -0.05) is 0 Å². The molecule has 1 aromatic heterocycles. The number of benzene rings is 2. The minimum atomic E-state index is -1.62. The summed E-state index contributed by atoms with van der Waals surface area (Å²) >= 11 is 0. The third kappa shape index (κ3) is 1.70. The fraction of sp³-hybridized carbons (Fsp3) is 0. The molecule has 0 unspecified atom stereocenters. The Balaban J connectivity index is 2.37. The molecule has 20 heavy (non-hydrogen) atoms. The number of anilines is 1. The molecule has 0 aliphatic carbocycles. The molecule has 0 fully saturated rings. The van der Waals surface area contributed by atoms with Crippen LogP contribution in [0.3, 0.4) is 0 Å². The molecule has 0 aliphatic heterocycles. The van der Waals surface area contributed by atoms with Gasteiger partial charge >= 0.3 is 0 Å². The van der Waals surface area contributed by atoms with Gasteiger partial charge in [0.25, 0.3) is 0 Å². The van der Waals surface area contributed by atoms with Crippen LogP contribution < -0.4 is 5.73 Å². The predicted octanol–water partition coefficient (Wildman–Crippen LogP) is 3.16. The number of nitrogens with zero attached hydrogens (tertiary/aromatic N) is 2. The first-order valence-electron chi connectivity index (χ1n) is 5.56. The molecular weight excluding hydrogens is 274 g/mol. The first-order valence-corrected chi connectivity index (χ1v) is 5.56. The standard InChI is InChI=1S/C13H7F4N3/c14-6-1-3-8-10(5-6)20(13(18)19-8)9-4-2-7(15)11(16)12(9)17/h1-5H,(H2,18,19). The molecule has 2 N–H and O–H groups in total. The van der Waals surface area contributed by atoms with Crippen molar-refractivity contribution >= 4 is 17.0 Å². The number of imidazole rings is 1. The Morgan fingerprint density at radius 3 is 2.45 bits per heavy atom. The van der Waals surface area contributed by atoms with Gasteiger partial charge in [0, 0.05) is 6.07 Å². The molecule has 0 radical (unpaired) electrons. The third-order valence-corrected chi connectivity index (χ3v) is 2.90. The van der Waals surface area contributed by atoms with Crippen molar-refractivity contribution < 1.29 is 17.6 Å². The summed E-state index contributed by atoms with van der Waals surface area (Å²) in [5, 5.41) is 0. The van der Waals surface area contributed by atoms with Crippen molar-refractivity contribution in [2.75, 3.05) is 5.73 Å². The largest absolute Gasteiger partial charge is 0.369 e. The molecule has 1 heterocycles. The van der Waals surface area contributed by atoms with E-state index in [1.807, 2.05) is 0 Å². The fourth-order valence-corrected chi connectivity index (χ4v) is 2.01. The lowest BCUT2D eigenvalue weighted by molar-refractivity contribution is 0.445. The monoisotopic (exact) mass is 281 g/mol. The van der Waals surface area contributed by atoms with Crippen LogP contribution in [0.4, 0.5) is 23.5 Å². The van der Waals surface area contributed by atoms with Crippen LogP contribution in [-0.2, 0) is 0 Å². The molecule has 0 saturated heterocycles. The van der Waals surface area contributed by atoms with Gasteiger partial charge in [0.05, 0.1) is 16.7 Å². The smallest absolute Gasteiger partial charge is 0.206 e. The van der Waals surface area contributed by atoms with Gasteiger partial charge in [-0.2, -0.15) is 0 Å². The highest BCUT2D eigenvalue weighted by molar-refractivity contribution is 5.80. The second-order valence-corrected chi connectivity index (χ2v) is 4.13. The van der Waals surface area contributed by atoms with Gasteiger partial charge in [-0.3, -0.25) is 4.57 Å². The predicted molar refractivity (Wildman–Crippen MR) is 65.3 cm³/mol. The summed E-state index contributed by atoms with van der Waals surface area (Å²) in [6.07, 6.45) is 0. The van der Waals surface area contributed by atoms with Crippen LogP contribution in [0.1, 0.15) is 0 Å². The van der Waals surface area contributed by atoms with E-state index in [2.05, 4.69) is 4.98 Å². The molecule has 0 amide bonds. The second-order valence-electron chi connectivity index (χ2n) is 4.13. The van der Waals surface area contributed by atoms with Gasteiger partial charge in [0.2, 0.25) is 5.95 Å². The van der Waals surface area contributed by atoms with Crippen LogP contribution in [0.2, 0.25) is 0 Å². The van der Waals surface area contributed by atoms with Crippen molar-refractivity contribution in [1.82, 2.24) is 9.55 Å². The Labute approximate surface area is 110 Å². The lowest BCUT2D eigenvalue weighted by Crippen LogP contribution is -2.05. The lowest BCUT2D eigenvalue weighted by atomic mass is 10.2. The number of nitrogen functional groups attached to an aromatic ring is 1. The lowest BCUT2D eigenvalue weighted by Gasteiger charge is -2.08. The van der Waals surface area contributed by atoms with E-state index in [1.54, 1.807) is 0 Å². The molecule has 0 atom stereocenters. The number of halogens is 4. The number of fused-ring (bicyclic) bond motifs is 1. The number of hydrogen-bond acceptors (Lipinski definition) is 2. The van der Waals surface area contributed by atoms with Crippen molar-refractivity contribution in [2.24, 2.45) is 0 Å². The maximum Gasteiger partial charge on any atom is 0.206 e. The van der Waals surface area contributed by atoms with E-state index in [1.165, 1.54) is 12.1 Å². The zero-order valence-electron chi connectivity index (χ0n) is 9.87. The highest BCUT2D eigenvalue weighted by Crippen LogP contribution is 2.27. The van der Waals surface area contributed by atoms with E-state index in [0.29, 0.717) is 5.52 Å². The van der Waals surface area contributed by atoms with Crippen molar-refractivity contribution in [2.45, 2.75) is 0 Å². The minimum Gasteiger partial charge on any atom is -0.369 e. The topological polar surface area (TPSA) is 43.8 Å². The molecular formula is C13H7F4N3. The Morgan fingerprint density at radius 1 is 0.950 bits per heavy atom. The highest BCUT2D eigenvalue weighted by Gasteiger charge is 2.19. The summed E-state index contributed by atoms with van der Waals surface area (Å²) in [5.74, 6) is -5.10. The van der Waals surface area contributed by atoms with Crippen LogP contribution in [0.15, 0.2) is 30.3 Å². The maximum absolute atomic E-state index is 13.8. The van der Waals surface area contributed by atoms with Gasteiger partial charge in [0.15, 0.2) is 17.5 Å². The van der Waals surface area contributed by atoms with Gasteiger partial charge in [0.1, 0.15) is 5.82 Å². The summed E-state index contributed by atoms with van der Waals surface area (Å²) in [7, 11) is 0. The van der Waals surface area contributed by atoms with Crippen LogP contribution in [0.25, 0.3) is 16.7 Å².